The third kappa shape index (κ3) is 2.06. The van der Waals surface area contributed by atoms with Gasteiger partial charge in [-0.2, -0.15) is 11.8 Å². The highest BCUT2D eigenvalue weighted by molar-refractivity contribution is 7.98. The van der Waals surface area contributed by atoms with E-state index >= 15 is 0 Å². The summed E-state index contributed by atoms with van der Waals surface area (Å²) in [6, 6.07) is 9.07. The van der Waals surface area contributed by atoms with Crippen molar-refractivity contribution in [1.82, 2.24) is 9.55 Å². The van der Waals surface area contributed by atoms with Crippen molar-refractivity contribution >= 4 is 11.8 Å². The number of benzene rings is 1. The van der Waals surface area contributed by atoms with Gasteiger partial charge in [-0.15, -0.1) is 0 Å². The fraction of sp³-hybridized carbons (Fsp3) is 0.357. The molecule has 1 atom stereocenters. The summed E-state index contributed by atoms with van der Waals surface area (Å²) >= 11 is 1.98. The minimum absolute atomic E-state index is 0.382. The Bertz CT molecular complexity index is 538. The van der Waals surface area contributed by atoms with Crippen molar-refractivity contribution in [3.8, 4) is 0 Å². The van der Waals surface area contributed by atoms with Crippen LogP contribution in [0, 0.1) is 0 Å². The van der Waals surface area contributed by atoms with E-state index in [0.717, 1.165) is 17.2 Å². The van der Waals surface area contributed by atoms with Crippen molar-refractivity contribution in [3.05, 3.63) is 53.6 Å². The normalized spacial score (nSPS) is 18.6. The Labute approximate surface area is 111 Å². The number of rotatable bonds is 3. The maximum Gasteiger partial charge on any atom is 0.0955 e. The highest BCUT2D eigenvalue weighted by Gasteiger charge is 2.22. The summed E-state index contributed by atoms with van der Waals surface area (Å²) in [7, 11) is 1.72. The van der Waals surface area contributed by atoms with Crippen LogP contribution in [-0.2, 0) is 17.1 Å². The van der Waals surface area contributed by atoms with Gasteiger partial charge in [0.15, 0.2) is 0 Å². The maximum atomic E-state index is 5.24. The van der Waals surface area contributed by atoms with Crippen LogP contribution in [0.1, 0.15) is 22.9 Å². The number of nitrogens with zero attached hydrogens (tertiary/aromatic N) is 2. The zero-order valence-electron chi connectivity index (χ0n) is 10.4. The number of methoxy groups -OCH3 is 1. The fourth-order valence-electron chi connectivity index (χ4n) is 2.46. The van der Waals surface area contributed by atoms with E-state index in [1.807, 2.05) is 24.3 Å². The summed E-state index contributed by atoms with van der Waals surface area (Å²) in [5, 5.41) is 0. The average molecular weight is 260 g/mol. The molecule has 2 aromatic rings. The number of ether oxygens (including phenoxy) is 1. The van der Waals surface area contributed by atoms with Gasteiger partial charge < -0.3 is 9.30 Å². The van der Waals surface area contributed by atoms with E-state index in [2.05, 4.69) is 33.8 Å². The van der Waals surface area contributed by atoms with Gasteiger partial charge in [0.25, 0.3) is 0 Å². The number of aromatic nitrogens is 2. The Morgan fingerprint density at radius 1 is 1.44 bits per heavy atom. The van der Waals surface area contributed by atoms with Crippen LogP contribution >= 0.6 is 11.8 Å². The minimum atomic E-state index is 0.382. The molecule has 0 N–H and O–H groups in total. The van der Waals surface area contributed by atoms with Crippen LogP contribution in [0.5, 0.6) is 0 Å². The second-order valence-electron chi connectivity index (χ2n) is 4.46. The standard InChI is InChI=1S/C14H16N2OS/c1-17-7-12-6-15-10-16(12)14-9-18-8-11-4-2-3-5-13(11)14/h2-6,10,14H,7-9H2,1H3. The van der Waals surface area contributed by atoms with Gasteiger partial charge in [0.05, 0.1) is 30.9 Å². The van der Waals surface area contributed by atoms with E-state index in [-0.39, 0.29) is 0 Å². The van der Waals surface area contributed by atoms with Crippen molar-refractivity contribution in [1.29, 1.82) is 0 Å². The molecule has 1 aromatic heterocycles. The highest BCUT2D eigenvalue weighted by Crippen LogP contribution is 2.34. The van der Waals surface area contributed by atoms with Gasteiger partial charge in [-0.25, -0.2) is 4.98 Å². The lowest BCUT2D eigenvalue weighted by molar-refractivity contribution is 0.177. The van der Waals surface area contributed by atoms with E-state index in [1.54, 1.807) is 7.11 Å². The zero-order chi connectivity index (χ0) is 12.4. The molecule has 1 aromatic carbocycles. The molecule has 0 saturated heterocycles. The first kappa shape index (κ1) is 11.8. The summed E-state index contributed by atoms with van der Waals surface area (Å²) in [5.74, 6) is 2.21. The fourth-order valence-corrected chi connectivity index (χ4v) is 3.63. The predicted molar refractivity (Wildman–Crippen MR) is 73.7 cm³/mol. The molecule has 0 radical (unpaired) electrons. The summed E-state index contributed by atoms with van der Waals surface area (Å²) in [4.78, 5) is 4.26. The number of fused-ring (bicyclic) bond motifs is 1. The topological polar surface area (TPSA) is 27.1 Å². The Morgan fingerprint density at radius 3 is 3.22 bits per heavy atom. The molecule has 0 spiro atoms. The largest absolute Gasteiger partial charge is 0.378 e. The smallest absolute Gasteiger partial charge is 0.0955 e. The summed E-state index contributed by atoms with van der Waals surface area (Å²) in [5.41, 5.74) is 4.00. The van der Waals surface area contributed by atoms with Gasteiger partial charge >= 0.3 is 0 Å². The van der Waals surface area contributed by atoms with Crippen LogP contribution in [0.2, 0.25) is 0 Å². The van der Waals surface area contributed by atoms with Gasteiger partial charge in [-0.3, -0.25) is 0 Å². The molecule has 3 rings (SSSR count). The summed E-state index contributed by atoms with van der Waals surface area (Å²) in [6.07, 6.45) is 3.81. The molecule has 1 aliphatic rings. The summed E-state index contributed by atoms with van der Waals surface area (Å²) in [6.45, 7) is 0.614. The zero-order valence-corrected chi connectivity index (χ0v) is 11.2. The van der Waals surface area contributed by atoms with E-state index in [9.17, 15) is 0 Å². The lowest BCUT2D eigenvalue weighted by Crippen LogP contribution is -2.20. The third-order valence-corrected chi connectivity index (χ3v) is 4.39. The predicted octanol–water partition coefficient (Wildman–Crippen LogP) is 2.87. The number of imidazole rings is 1. The molecule has 94 valence electrons. The molecule has 1 aliphatic heterocycles. The SMILES string of the molecule is COCc1cncn1C1CSCc2ccccc21. The quantitative estimate of drug-likeness (QED) is 0.849. The molecule has 3 nitrogen and oxygen atoms in total. The molecular weight excluding hydrogens is 244 g/mol. The van der Waals surface area contributed by atoms with Gasteiger partial charge in [-0.1, -0.05) is 24.3 Å². The molecular formula is C14H16N2OS. The van der Waals surface area contributed by atoms with E-state index in [0.29, 0.717) is 12.6 Å². The van der Waals surface area contributed by atoms with Crippen molar-refractivity contribution in [2.75, 3.05) is 12.9 Å². The van der Waals surface area contributed by atoms with E-state index in [4.69, 9.17) is 4.74 Å². The van der Waals surface area contributed by atoms with Gasteiger partial charge in [-0.05, 0) is 11.1 Å². The van der Waals surface area contributed by atoms with Crippen molar-refractivity contribution in [3.63, 3.8) is 0 Å². The van der Waals surface area contributed by atoms with Crippen LogP contribution < -0.4 is 0 Å². The molecule has 0 fully saturated rings. The Balaban J connectivity index is 2.00. The van der Waals surface area contributed by atoms with Gasteiger partial charge in [0.1, 0.15) is 0 Å². The number of hydrogen-bond acceptors (Lipinski definition) is 3. The number of thioether (sulfide) groups is 1. The van der Waals surface area contributed by atoms with Crippen molar-refractivity contribution in [2.24, 2.45) is 0 Å². The Morgan fingerprint density at radius 2 is 2.33 bits per heavy atom. The molecule has 0 amide bonds. The lowest BCUT2D eigenvalue weighted by Gasteiger charge is -2.27. The van der Waals surface area contributed by atoms with Crippen LogP contribution in [0.25, 0.3) is 0 Å². The van der Waals surface area contributed by atoms with Crippen LogP contribution in [0.3, 0.4) is 0 Å². The van der Waals surface area contributed by atoms with Gasteiger partial charge in [0.2, 0.25) is 0 Å². The average Bonchev–Trinajstić information content (AvgIpc) is 2.87. The third-order valence-electron chi connectivity index (χ3n) is 3.32. The Hall–Kier alpha value is -1.26. The molecule has 4 heteroatoms. The van der Waals surface area contributed by atoms with Crippen LogP contribution in [0.4, 0.5) is 0 Å². The lowest BCUT2D eigenvalue weighted by atomic mass is 10.0. The first-order chi connectivity index (χ1) is 8.90. The first-order valence-electron chi connectivity index (χ1n) is 6.05. The van der Waals surface area contributed by atoms with Crippen LogP contribution in [0.15, 0.2) is 36.8 Å². The minimum Gasteiger partial charge on any atom is -0.378 e. The second kappa shape index (κ2) is 5.16. The van der Waals surface area contributed by atoms with Crippen molar-refractivity contribution < 1.29 is 4.74 Å². The first-order valence-corrected chi connectivity index (χ1v) is 7.21. The second-order valence-corrected chi connectivity index (χ2v) is 5.49. The Kier molecular flexibility index (Phi) is 3.39. The molecule has 0 saturated carbocycles. The number of hydrogen-bond donors (Lipinski definition) is 0. The summed E-state index contributed by atoms with van der Waals surface area (Å²) < 4.78 is 7.48. The molecule has 18 heavy (non-hydrogen) atoms. The van der Waals surface area contributed by atoms with E-state index in [1.165, 1.54) is 11.1 Å². The molecule has 1 unspecified atom stereocenters. The molecule has 0 bridgehead atoms. The highest BCUT2D eigenvalue weighted by atomic mass is 32.2. The van der Waals surface area contributed by atoms with Gasteiger partial charge in [0, 0.05) is 18.6 Å². The maximum absolute atomic E-state index is 5.24. The molecule has 0 aliphatic carbocycles. The van der Waals surface area contributed by atoms with E-state index < -0.39 is 0 Å². The molecule has 2 heterocycles. The van der Waals surface area contributed by atoms with Crippen molar-refractivity contribution in [2.45, 2.75) is 18.4 Å². The van der Waals surface area contributed by atoms with Crippen LogP contribution in [-0.4, -0.2) is 22.4 Å². The monoisotopic (exact) mass is 260 g/mol.